The van der Waals surface area contributed by atoms with Gasteiger partial charge in [-0.2, -0.15) is 0 Å². The fraction of sp³-hybridized carbons (Fsp3) is 0.364. The second kappa shape index (κ2) is 5.46. The second-order valence-corrected chi connectivity index (χ2v) is 3.28. The van der Waals surface area contributed by atoms with Crippen LogP contribution in [0.1, 0.15) is 23.7 Å². The number of nitrogens with one attached hydrogen (secondary N) is 1. The smallest absolute Gasteiger partial charge is 0.251 e. The molecular formula is C11H14FNO2. The molecule has 0 heterocycles. The number of rotatable bonds is 4. The molecular weight excluding hydrogens is 197 g/mol. The summed E-state index contributed by atoms with van der Waals surface area (Å²) in [5.41, 5.74) is 0.262. The number of benzene rings is 1. The molecule has 1 unspecified atom stereocenters. The first kappa shape index (κ1) is 11.7. The summed E-state index contributed by atoms with van der Waals surface area (Å²) in [7, 11) is 0. The van der Waals surface area contributed by atoms with Gasteiger partial charge in [0.2, 0.25) is 0 Å². The molecule has 1 aromatic rings. The maximum Gasteiger partial charge on any atom is 0.251 e. The van der Waals surface area contributed by atoms with Gasteiger partial charge >= 0.3 is 0 Å². The van der Waals surface area contributed by atoms with Crippen LogP contribution < -0.4 is 5.32 Å². The number of aliphatic hydroxyl groups excluding tert-OH is 1. The summed E-state index contributed by atoms with van der Waals surface area (Å²) >= 11 is 0. The van der Waals surface area contributed by atoms with E-state index in [1.165, 1.54) is 18.2 Å². The summed E-state index contributed by atoms with van der Waals surface area (Å²) in [4.78, 5) is 11.4. The fourth-order valence-corrected chi connectivity index (χ4v) is 1.09. The highest BCUT2D eigenvalue weighted by molar-refractivity contribution is 5.94. The monoisotopic (exact) mass is 211 g/mol. The SMILES string of the molecule is CCC(O)CNC(=O)c1cccc(F)c1. The molecule has 0 aromatic heterocycles. The van der Waals surface area contributed by atoms with Gasteiger partial charge in [-0.25, -0.2) is 4.39 Å². The lowest BCUT2D eigenvalue weighted by molar-refractivity contribution is 0.0913. The van der Waals surface area contributed by atoms with Crippen LogP contribution in [0.15, 0.2) is 24.3 Å². The molecule has 1 rings (SSSR count). The van der Waals surface area contributed by atoms with Crippen LogP contribution in [0.5, 0.6) is 0 Å². The van der Waals surface area contributed by atoms with E-state index in [4.69, 9.17) is 0 Å². The number of halogens is 1. The molecule has 2 N–H and O–H groups in total. The Hall–Kier alpha value is -1.42. The van der Waals surface area contributed by atoms with E-state index >= 15 is 0 Å². The minimum atomic E-state index is -0.553. The van der Waals surface area contributed by atoms with Crippen LogP contribution in [0.25, 0.3) is 0 Å². The van der Waals surface area contributed by atoms with E-state index in [-0.39, 0.29) is 18.0 Å². The Morgan fingerprint density at radius 1 is 1.60 bits per heavy atom. The van der Waals surface area contributed by atoms with Crippen molar-refractivity contribution in [3.8, 4) is 0 Å². The summed E-state index contributed by atoms with van der Waals surface area (Å²) in [5.74, 6) is -0.819. The first-order chi connectivity index (χ1) is 7.13. The molecule has 0 aliphatic carbocycles. The van der Waals surface area contributed by atoms with Gasteiger partial charge in [0.05, 0.1) is 6.10 Å². The van der Waals surface area contributed by atoms with Crippen LogP contribution >= 0.6 is 0 Å². The summed E-state index contributed by atoms with van der Waals surface area (Å²) in [6.07, 6.45) is 0.0196. The minimum absolute atomic E-state index is 0.186. The highest BCUT2D eigenvalue weighted by Crippen LogP contribution is 2.03. The van der Waals surface area contributed by atoms with E-state index in [1.807, 2.05) is 6.92 Å². The Morgan fingerprint density at radius 3 is 2.93 bits per heavy atom. The molecule has 1 aromatic carbocycles. The zero-order valence-electron chi connectivity index (χ0n) is 8.53. The average Bonchev–Trinajstić information content (AvgIpc) is 2.25. The largest absolute Gasteiger partial charge is 0.391 e. The molecule has 0 aliphatic rings. The van der Waals surface area contributed by atoms with Crippen molar-refractivity contribution in [2.45, 2.75) is 19.4 Å². The minimum Gasteiger partial charge on any atom is -0.391 e. The van der Waals surface area contributed by atoms with Gasteiger partial charge in [0.25, 0.3) is 5.91 Å². The van der Waals surface area contributed by atoms with Crippen molar-refractivity contribution in [1.29, 1.82) is 0 Å². The number of carbonyl (C=O) groups excluding carboxylic acids is 1. The van der Waals surface area contributed by atoms with Gasteiger partial charge in [-0.05, 0) is 24.6 Å². The van der Waals surface area contributed by atoms with Gasteiger partial charge in [-0.15, -0.1) is 0 Å². The van der Waals surface area contributed by atoms with Crippen molar-refractivity contribution in [2.24, 2.45) is 0 Å². The Morgan fingerprint density at radius 2 is 2.33 bits per heavy atom. The third kappa shape index (κ3) is 3.67. The lowest BCUT2D eigenvalue weighted by Gasteiger charge is -2.09. The van der Waals surface area contributed by atoms with Crippen molar-refractivity contribution in [3.05, 3.63) is 35.6 Å². The lowest BCUT2D eigenvalue weighted by Crippen LogP contribution is -2.31. The zero-order chi connectivity index (χ0) is 11.3. The third-order valence-electron chi connectivity index (χ3n) is 2.06. The van der Waals surface area contributed by atoms with Crippen LogP contribution in [0.3, 0.4) is 0 Å². The molecule has 82 valence electrons. The number of hydrogen-bond donors (Lipinski definition) is 2. The van der Waals surface area contributed by atoms with Crippen molar-refractivity contribution in [2.75, 3.05) is 6.54 Å². The number of carbonyl (C=O) groups is 1. The van der Waals surface area contributed by atoms with Crippen LogP contribution in [0.2, 0.25) is 0 Å². The molecule has 0 saturated carbocycles. The lowest BCUT2D eigenvalue weighted by atomic mass is 10.2. The van der Waals surface area contributed by atoms with E-state index in [1.54, 1.807) is 0 Å². The predicted molar refractivity (Wildman–Crippen MR) is 55.0 cm³/mol. The van der Waals surface area contributed by atoms with Crippen LogP contribution in [-0.2, 0) is 0 Å². The summed E-state index contributed by atoms with van der Waals surface area (Å²) < 4.78 is 12.8. The van der Waals surface area contributed by atoms with Gasteiger partial charge in [-0.1, -0.05) is 13.0 Å². The zero-order valence-corrected chi connectivity index (χ0v) is 8.53. The highest BCUT2D eigenvalue weighted by Gasteiger charge is 2.07. The molecule has 1 atom stereocenters. The summed E-state index contributed by atoms with van der Waals surface area (Å²) in [5, 5.41) is 11.7. The quantitative estimate of drug-likeness (QED) is 0.789. The van der Waals surface area contributed by atoms with Crippen LogP contribution in [0, 0.1) is 5.82 Å². The van der Waals surface area contributed by atoms with Gasteiger partial charge in [0, 0.05) is 12.1 Å². The first-order valence-electron chi connectivity index (χ1n) is 4.85. The molecule has 0 saturated heterocycles. The normalized spacial score (nSPS) is 12.2. The van der Waals surface area contributed by atoms with Gasteiger partial charge in [0.15, 0.2) is 0 Å². The maximum atomic E-state index is 12.8. The molecule has 15 heavy (non-hydrogen) atoms. The predicted octanol–water partition coefficient (Wildman–Crippen LogP) is 1.33. The van der Waals surface area contributed by atoms with E-state index in [2.05, 4.69) is 5.32 Å². The Bertz CT molecular complexity index is 341. The van der Waals surface area contributed by atoms with Crippen molar-refractivity contribution < 1.29 is 14.3 Å². The molecule has 0 spiro atoms. The van der Waals surface area contributed by atoms with Gasteiger partial charge < -0.3 is 10.4 Å². The summed E-state index contributed by atoms with van der Waals surface area (Å²) in [6, 6.07) is 5.43. The standard InChI is InChI=1S/C11H14FNO2/c1-2-10(14)7-13-11(15)8-4-3-5-9(12)6-8/h3-6,10,14H,2,7H2,1H3,(H,13,15). The van der Waals surface area contributed by atoms with Crippen molar-refractivity contribution in [3.63, 3.8) is 0 Å². The molecule has 0 aliphatic heterocycles. The molecule has 4 heteroatoms. The molecule has 1 amide bonds. The second-order valence-electron chi connectivity index (χ2n) is 3.28. The Labute approximate surface area is 87.9 Å². The molecule has 0 fully saturated rings. The maximum absolute atomic E-state index is 12.8. The number of aliphatic hydroxyl groups is 1. The topological polar surface area (TPSA) is 49.3 Å². The summed E-state index contributed by atoms with van der Waals surface area (Å²) in [6.45, 7) is 2.00. The van der Waals surface area contributed by atoms with E-state index in [0.29, 0.717) is 6.42 Å². The van der Waals surface area contributed by atoms with Crippen molar-refractivity contribution in [1.82, 2.24) is 5.32 Å². The van der Waals surface area contributed by atoms with E-state index in [9.17, 15) is 14.3 Å². The Kier molecular flexibility index (Phi) is 4.24. The van der Waals surface area contributed by atoms with E-state index < -0.39 is 11.9 Å². The Balaban J connectivity index is 2.54. The van der Waals surface area contributed by atoms with Gasteiger partial charge in [0.1, 0.15) is 5.82 Å². The van der Waals surface area contributed by atoms with Gasteiger partial charge in [-0.3, -0.25) is 4.79 Å². The number of hydrogen-bond acceptors (Lipinski definition) is 2. The molecule has 0 radical (unpaired) electrons. The molecule has 3 nitrogen and oxygen atoms in total. The van der Waals surface area contributed by atoms with Crippen LogP contribution in [-0.4, -0.2) is 23.7 Å². The van der Waals surface area contributed by atoms with Crippen LogP contribution in [0.4, 0.5) is 4.39 Å². The highest BCUT2D eigenvalue weighted by atomic mass is 19.1. The molecule has 0 bridgehead atoms. The fourth-order valence-electron chi connectivity index (χ4n) is 1.09. The number of amides is 1. The third-order valence-corrected chi connectivity index (χ3v) is 2.06. The van der Waals surface area contributed by atoms with Crippen molar-refractivity contribution >= 4 is 5.91 Å². The average molecular weight is 211 g/mol. The first-order valence-corrected chi connectivity index (χ1v) is 4.85. The van der Waals surface area contributed by atoms with E-state index in [0.717, 1.165) is 6.07 Å².